The first-order chi connectivity index (χ1) is 15.1. The molecule has 3 aromatic carbocycles. The molecule has 0 spiro atoms. The lowest BCUT2D eigenvalue weighted by Gasteiger charge is -2.23. The lowest BCUT2D eigenvalue weighted by molar-refractivity contribution is 0.0949. The summed E-state index contributed by atoms with van der Waals surface area (Å²) in [5.41, 5.74) is 4.01. The van der Waals surface area contributed by atoms with Crippen LogP contribution in [0.2, 0.25) is 0 Å². The first-order valence-electron chi connectivity index (χ1n) is 10.6. The van der Waals surface area contributed by atoms with Gasteiger partial charge in [0.25, 0.3) is 11.8 Å². The maximum absolute atomic E-state index is 12.8. The van der Waals surface area contributed by atoms with Crippen molar-refractivity contribution in [2.75, 3.05) is 18.4 Å². The van der Waals surface area contributed by atoms with Crippen molar-refractivity contribution in [3.8, 4) is 0 Å². The van der Waals surface area contributed by atoms with Gasteiger partial charge in [-0.2, -0.15) is 0 Å². The zero-order chi connectivity index (χ0) is 22.1. The van der Waals surface area contributed by atoms with Gasteiger partial charge in [-0.15, -0.1) is 0 Å². The van der Waals surface area contributed by atoms with Crippen molar-refractivity contribution >= 4 is 17.5 Å². The van der Waals surface area contributed by atoms with Gasteiger partial charge in [-0.25, -0.2) is 0 Å². The molecule has 160 valence electrons. The SMILES string of the molecule is CCN(CC)Cc1c(CNC(=O)c2ccccc2)cccc1NC(=O)c1ccccc1. The molecule has 5 nitrogen and oxygen atoms in total. The van der Waals surface area contributed by atoms with Gasteiger partial charge in [0, 0.05) is 29.9 Å². The zero-order valence-electron chi connectivity index (χ0n) is 18.1. The van der Waals surface area contributed by atoms with E-state index < -0.39 is 0 Å². The zero-order valence-corrected chi connectivity index (χ0v) is 18.1. The Kier molecular flexibility index (Phi) is 7.96. The molecule has 0 saturated carbocycles. The number of benzene rings is 3. The number of hydrogen-bond donors (Lipinski definition) is 2. The van der Waals surface area contributed by atoms with Crippen molar-refractivity contribution in [1.82, 2.24) is 10.2 Å². The summed E-state index contributed by atoms with van der Waals surface area (Å²) in [5.74, 6) is -0.264. The normalized spacial score (nSPS) is 10.7. The van der Waals surface area contributed by atoms with Crippen LogP contribution in [0.25, 0.3) is 0 Å². The molecular formula is C26H29N3O2. The number of amides is 2. The fraction of sp³-hybridized carbons (Fsp3) is 0.231. The average molecular weight is 416 g/mol. The van der Waals surface area contributed by atoms with Crippen molar-refractivity contribution in [3.05, 3.63) is 101 Å². The largest absolute Gasteiger partial charge is 0.348 e. The molecule has 0 heterocycles. The molecule has 3 rings (SSSR count). The Bertz CT molecular complexity index is 1000. The molecule has 2 N–H and O–H groups in total. The predicted molar refractivity (Wildman–Crippen MR) is 125 cm³/mol. The molecule has 0 aromatic heterocycles. The molecular weight excluding hydrogens is 386 g/mol. The standard InChI is InChI=1S/C26H29N3O2/c1-3-29(4-2)19-23-22(18-27-25(30)20-12-7-5-8-13-20)16-11-17-24(23)28-26(31)21-14-9-6-10-15-21/h5-17H,3-4,18-19H2,1-2H3,(H,27,30)(H,28,31). The van der Waals surface area contributed by atoms with E-state index in [1.54, 1.807) is 24.3 Å². The molecule has 0 radical (unpaired) electrons. The quantitative estimate of drug-likeness (QED) is 0.532. The Balaban J connectivity index is 1.84. The van der Waals surface area contributed by atoms with Crippen LogP contribution in [0.3, 0.4) is 0 Å². The molecule has 0 saturated heterocycles. The second-order valence-electron chi connectivity index (χ2n) is 7.27. The topological polar surface area (TPSA) is 61.4 Å². The summed E-state index contributed by atoms with van der Waals surface area (Å²) in [7, 11) is 0. The van der Waals surface area contributed by atoms with Gasteiger partial charge in [0.05, 0.1) is 0 Å². The summed E-state index contributed by atoms with van der Waals surface area (Å²) in [6.45, 7) is 7.10. The highest BCUT2D eigenvalue weighted by Crippen LogP contribution is 2.23. The van der Waals surface area contributed by atoms with Crippen molar-refractivity contribution < 1.29 is 9.59 Å². The predicted octanol–water partition coefficient (Wildman–Crippen LogP) is 4.71. The fourth-order valence-corrected chi connectivity index (χ4v) is 3.43. The molecule has 0 bridgehead atoms. The van der Waals surface area contributed by atoms with Crippen LogP contribution in [0.15, 0.2) is 78.9 Å². The molecule has 31 heavy (non-hydrogen) atoms. The number of anilines is 1. The minimum absolute atomic E-state index is 0.117. The summed E-state index contributed by atoms with van der Waals surface area (Å²) in [4.78, 5) is 27.6. The molecule has 2 amide bonds. The lowest BCUT2D eigenvalue weighted by atomic mass is 10.0. The number of carbonyl (C=O) groups excluding carboxylic acids is 2. The lowest BCUT2D eigenvalue weighted by Crippen LogP contribution is -2.27. The first-order valence-corrected chi connectivity index (χ1v) is 10.6. The third kappa shape index (κ3) is 6.03. The van der Waals surface area contributed by atoms with Crippen LogP contribution in [0.5, 0.6) is 0 Å². The average Bonchev–Trinajstić information content (AvgIpc) is 2.83. The van der Waals surface area contributed by atoms with Crippen LogP contribution < -0.4 is 10.6 Å². The minimum atomic E-state index is -0.146. The summed E-state index contributed by atoms with van der Waals surface area (Å²) in [6.07, 6.45) is 0. The Labute approximate surface area is 184 Å². The molecule has 0 aliphatic heterocycles. The summed E-state index contributed by atoms with van der Waals surface area (Å²) >= 11 is 0. The fourth-order valence-electron chi connectivity index (χ4n) is 3.43. The summed E-state index contributed by atoms with van der Waals surface area (Å²) < 4.78 is 0. The number of nitrogens with one attached hydrogen (secondary N) is 2. The highest BCUT2D eigenvalue weighted by Gasteiger charge is 2.15. The van der Waals surface area contributed by atoms with Gasteiger partial charge in [0.1, 0.15) is 0 Å². The van der Waals surface area contributed by atoms with E-state index in [2.05, 4.69) is 29.4 Å². The van der Waals surface area contributed by atoms with E-state index in [1.165, 1.54) is 0 Å². The van der Waals surface area contributed by atoms with E-state index >= 15 is 0 Å². The maximum atomic E-state index is 12.8. The van der Waals surface area contributed by atoms with Gasteiger partial charge in [0.2, 0.25) is 0 Å². The van der Waals surface area contributed by atoms with E-state index in [-0.39, 0.29) is 11.8 Å². The van der Waals surface area contributed by atoms with Crippen LogP contribution in [0, 0.1) is 0 Å². The molecule has 5 heteroatoms. The van der Waals surface area contributed by atoms with Crippen LogP contribution in [0.4, 0.5) is 5.69 Å². The molecule has 3 aromatic rings. The second-order valence-corrected chi connectivity index (χ2v) is 7.27. The van der Waals surface area contributed by atoms with Gasteiger partial charge in [0.15, 0.2) is 0 Å². The van der Waals surface area contributed by atoms with E-state index in [4.69, 9.17) is 0 Å². The van der Waals surface area contributed by atoms with Gasteiger partial charge in [-0.3, -0.25) is 14.5 Å². The Morgan fingerprint density at radius 2 is 1.32 bits per heavy atom. The van der Waals surface area contributed by atoms with Crippen molar-refractivity contribution in [1.29, 1.82) is 0 Å². The van der Waals surface area contributed by atoms with Gasteiger partial charge >= 0.3 is 0 Å². The van der Waals surface area contributed by atoms with E-state index in [0.717, 1.165) is 29.9 Å². The van der Waals surface area contributed by atoms with Crippen LogP contribution in [-0.2, 0) is 13.1 Å². The van der Waals surface area contributed by atoms with Crippen molar-refractivity contribution in [3.63, 3.8) is 0 Å². The maximum Gasteiger partial charge on any atom is 0.255 e. The van der Waals surface area contributed by atoms with Crippen molar-refractivity contribution in [2.45, 2.75) is 26.9 Å². The number of rotatable bonds is 9. The third-order valence-electron chi connectivity index (χ3n) is 5.31. The summed E-state index contributed by atoms with van der Waals surface area (Å²) in [5, 5.41) is 6.07. The minimum Gasteiger partial charge on any atom is -0.348 e. The van der Waals surface area contributed by atoms with Gasteiger partial charge < -0.3 is 10.6 Å². The third-order valence-corrected chi connectivity index (χ3v) is 5.31. The molecule has 0 unspecified atom stereocenters. The smallest absolute Gasteiger partial charge is 0.255 e. The van der Waals surface area contributed by atoms with Crippen LogP contribution in [0.1, 0.15) is 45.7 Å². The van der Waals surface area contributed by atoms with E-state index in [0.29, 0.717) is 24.2 Å². The Morgan fingerprint density at radius 3 is 1.90 bits per heavy atom. The first kappa shape index (κ1) is 22.2. The summed E-state index contributed by atoms with van der Waals surface area (Å²) in [6, 6.07) is 24.2. The van der Waals surface area contributed by atoms with Crippen LogP contribution >= 0.6 is 0 Å². The molecule has 0 aliphatic carbocycles. The Hall–Kier alpha value is -3.44. The highest BCUT2D eigenvalue weighted by atomic mass is 16.2. The van der Waals surface area contributed by atoms with Gasteiger partial charge in [-0.05, 0) is 54.5 Å². The number of hydrogen-bond acceptors (Lipinski definition) is 3. The monoisotopic (exact) mass is 415 g/mol. The molecule has 0 aliphatic rings. The number of nitrogens with zero attached hydrogens (tertiary/aromatic N) is 1. The number of carbonyl (C=O) groups is 2. The Morgan fingerprint density at radius 1 is 0.742 bits per heavy atom. The van der Waals surface area contributed by atoms with E-state index in [9.17, 15) is 9.59 Å². The second kappa shape index (κ2) is 11.1. The van der Waals surface area contributed by atoms with Crippen molar-refractivity contribution in [2.24, 2.45) is 0 Å². The van der Waals surface area contributed by atoms with Gasteiger partial charge in [-0.1, -0.05) is 62.4 Å². The molecule has 0 atom stereocenters. The highest BCUT2D eigenvalue weighted by molar-refractivity contribution is 6.04. The van der Waals surface area contributed by atoms with E-state index in [1.807, 2.05) is 54.6 Å². The molecule has 0 fully saturated rings. The van der Waals surface area contributed by atoms with Crippen LogP contribution in [-0.4, -0.2) is 29.8 Å².